The van der Waals surface area contributed by atoms with Crippen LogP contribution in [-0.4, -0.2) is 0 Å². The number of anilines is 3. The molecule has 22 heavy (non-hydrogen) atoms. The van der Waals surface area contributed by atoms with Gasteiger partial charge in [0, 0.05) is 23.5 Å². The van der Waals surface area contributed by atoms with Gasteiger partial charge in [-0.1, -0.05) is 54.1 Å². The van der Waals surface area contributed by atoms with Crippen molar-refractivity contribution in [2.45, 2.75) is 20.3 Å². The van der Waals surface area contributed by atoms with E-state index in [0.29, 0.717) is 0 Å². The summed E-state index contributed by atoms with van der Waals surface area (Å²) in [6.07, 6.45) is 1.01. The Morgan fingerprint density at radius 1 is 0.682 bits per heavy atom. The molecule has 1 heteroatoms. The topological polar surface area (TPSA) is 3.24 Å². The van der Waals surface area contributed by atoms with Crippen molar-refractivity contribution in [1.29, 1.82) is 0 Å². The molecule has 0 unspecified atom stereocenters. The van der Waals surface area contributed by atoms with Crippen molar-refractivity contribution in [3.8, 4) is 0 Å². The fourth-order valence-corrected chi connectivity index (χ4v) is 3.41. The number of para-hydroxylation sites is 2. The van der Waals surface area contributed by atoms with Gasteiger partial charge < -0.3 is 4.90 Å². The van der Waals surface area contributed by atoms with E-state index in [1.165, 1.54) is 39.3 Å². The van der Waals surface area contributed by atoms with Crippen molar-refractivity contribution in [2.24, 2.45) is 0 Å². The van der Waals surface area contributed by atoms with Gasteiger partial charge in [-0.05, 0) is 48.7 Å². The summed E-state index contributed by atoms with van der Waals surface area (Å²) in [4.78, 5) is 2.41. The molecule has 0 aliphatic carbocycles. The molecule has 0 saturated heterocycles. The second-order valence-electron chi connectivity index (χ2n) is 6.06. The quantitative estimate of drug-likeness (QED) is 0.435. The summed E-state index contributed by atoms with van der Waals surface area (Å²) in [7, 11) is 0. The van der Waals surface area contributed by atoms with Crippen LogP contribution >= 0.6 is 0 Å². The molecule has 1 aliphatic rings. The van der Waals surface area contributed by atoms with Gasteiger partial charge in [-0.2, -0.15) is 0 Å². The lowest BCUT2D eigenvalue weighted by Crippen LogP contribution is -2.19. The van der Waals surface area contributed by atoms with Crippen molar-refractivity contribution in [2.75, 3.05) is 4.90 Å². The van der Waals surface area contributed by atoms with Gasteiger partial charge in [0.25, 0.3) is 0 Å². The molecule has 1 nitrogen and oxygen atoms in total. The van der Waals surface area contributed by atoms with E-state index in [9.17, 15) is 0 Å². The van der Waals surface area contributed by atoms with Gasteiger partial charge >= 0.3 is 0 Å². The summed E-state index contributed by atoms with van der Waals surface area (Å²) < 4.78 is 0. The maximum Gasteiger partial charge on any atom is 0.0497 e. The molecule has 0 radical (unpaired) electrons. The van der Waals surface area contributed by atoms with Crippen LogP contribution in [0.25, 0.3) is 0 Å². The average Bonchev–Trinajstić information content (AvgIpc) is 2.53. The van der Waals surface area contributed by atoms with Gasteiger partial charge in [0.05, 0.1) is 0 Å². The van der Waals surface area contributed by atoms with Gasteiger partial charge in [-0.3, -0.25) is 0 Å². The molecule has 108 valence electrons. The summed E-state index contributed by atoms with van der Waals surface area (Å²) in [5.41, 5.74) is 9.26. The number of benzene rings is 3. The van der Waals surface area contributed by atoms with Crippen LogP contribution < -0.4 is 4.90 Å². The highest BCUT2D eigenvalue weighted by molar-refractivity contribution is 5.84. The molecule has 3 aromatic rings. The third-order valence-electron chi connectivity index (χ3n) is 4.44. The van der Waals surface area contributed by atoms with Crippen LogP contribution in [0.4, 0.5) is 17.1 Å². The maximum absolute atomic E-state index is 2.41. The summed E-state index contributed by atoms with van der Waals surface area (Å²) in [5.74, 6) is 0. The summed E-state index contributed by atoms with van der Waals surface area (Å²) in [6, 6.07) is 24.1. The Balaban J connectivity index is 1.98. The summed E-state index contributed by atoms with van der Waals surface area (Å²) in [6.45, 7) is 4.34. The number of rotatable bonds is 1. The number of hydrogen-bond acceptors (Lipinski definition) is 1. The first-order valence-corrected chi connectivity index (χ1v) is 7.77. The molecule has 0 atom stereocenters. The number of fused-ring (bicyclic) bond motifs is 2. The van der Waals surface area contributed by atoms with E-state index in [-0.39, 0.29) is 0 Å². The van der Waals surface area contributed by atoms with E-state index < -0.39 is 0 Å². The third kappa shape index (κ3) is 2.01. The number of aryl methyl sites for hydroxylation is 2. The Hall–Kier alpha value is -2.54. The van der Waals surface area contributed by atoms with E-state index >= 15 is 0 Å². The van der Waals surface area contributed by atoms with Gasteiger partial charge in [0.2, 0.25) is 0 Å². The van der Waals surface area contributed by atoms with Gasteiger partial charge in [0.1, 0.15) is 0 Å². The fraction of sp³-hybridized carbons (Fsp3) is 0.143. The molecule has 4 rings (SSSR count). The Bertz CT molecular complexity index is 803. The minimum Gasteiger partial charge on any atom is -0.310 e. The smallest absolute Gasteiger partial charge is 0.0497 e. The normalized spacial score (nSPS) is 12.7. The first kappa shape index (κ1) is 13.1. The van der Waals surface area contributed by atoms with E-state index in [0.717, 1.165) is 6.42 Å². The standard InChI is InChI=1S/C21H19N/c1-15-11-12-19(16(2)13-15)22-20-9-5-3-7-17(20)14-18-8-4-6-10-21(18)22/h3-13H,14H2,1-2H3. The van der Waals surface area contributed by atoms with Crippen molar-refractivity contribution >= 4 is 17.1 Å². The van der Waals surface area contributed by atoms with Crippen LogP contribution in [0.3, 0.4) is 0 Å². The van der Waals surface area contributed by atoms with Gasteiger partial charge in [-0.25, -0.2) is 0 Å². The molecule has 1 heterocycles. The molecule has 0 bridgehead atoms. The fourth-order valence-electron chi connectivity index (χ4n) is 3.41. The predicted molar refractivity (Wildman–Crippen MR) is 93.4 cm³/mol. The Morgan fingerprint density at radius 3 is 1.86 bits per heavy atom. The van der Waals surface area contributed by atoms with E-state index in [4.69, 9.17) is 0 Å². The van der Waals surface area contributed by atoms with E-state index in [1.54, 1.807) is 0 Å². The number of nitrogens with zero attached hydrogens (tertiary/aromatic N) is 1. The molecule has 0 N–H and O–H groups in total. The van der Waals surface area contributed by atoms with Crippen LogP contribution in [0, 0.1) is 13.8 Å². The molecule has 0 fully saturated rings. The summed E-state index contributed by atoms with van der Waals surface area (Å²) in [5, 5.41) is 0. The lowest BCUT2D eigenvalue weighted by molar-refractivity contribution is 1.08. The first-order valence-electron chi connectivity index (χ1n) is 7.77. The monoisotopic (exact) mass is 285 g/mol. The van der Waals surface area contributed by atoms with Crippen molar-refractivity contribution < 1.29 is 0 Å². The molecular formula is C21H19N. The average molecular weight is 285 g/mol. The SMILES string of the molecule is Cc1ccc(N2c3ccccc3Cc3ccccc32)c(C)c1. The lowest BCUT2D eigenvalue weighted by atomic mass is 9.94. The Kier molecular flexibility index (Phi) is 3.00. The van der Waals surface area contributed by atoms with Crippen LogP contribution in [0.5, 0.6) is 0 Å². The minimum absolute atomic E-state index is 1.01. The zero-order valence-corrected chi connectivity index (χ0v) is 13.0. The molecule has 0 saturated carbocycles. The van der Waals surface area contributed by atoms with E-state index in [1.807, 2.05) is 0 Å². The zero-order chi connectivity index (χ0) is 15.1. The summed E-state index contributed by atoms with van der Waals surface area (Å²) >= 11 is 0. The van der Waals surface area contributed by atoms with Crippen molar-refractivity contribution in [1.82, 2.24) is 0 Å². The van der Waals surface area contributed by atoms with Crippen LogP contribution in [0.15, 0.2) is 66.7 Å². The van der Waals surface area contributed by atoms with Gasteiger partial charge in [0.15, 0.2) is 0 Å². The second-order valence-corrected chi connectivity index (χ2v) is 6.06. The zero-order valence-electron chi connectivity index (χ0n) is 13.0. The minimum atomic E-state index is 1.01. The van der Waals surface area contributed by atoms with Gasteiger partial charge in [-0.15, -0.1) is 0 Å². The molecule has 1 aliphatic heterocycles. The van der Waals surface area contributed by atoms with E-state index in [2.05, 4.69) is 85.5 Å². The van der Waals surface area contributed by atoms with Crippen molar-refractivity contribution in [3.05, 3.63) is 89.0 Å². The van der Waals surface area contributed by atoms with Crippen LogP contribution in [-0.2, 0) is 6.42 Å². The van der Waals surface area contributed by atoms with Crippen LogP contribution in [0.1, 0.15) is 22.3 Å². The second kappa shape index (κ2) is 5.03. The molecule has 0 spiro atoms. The van der Waals surface area contributed by atoms with Crippen molar-refractivity contribution in [3.63, 3.8) is 0 Å². The molecule has 3 aromatic carbocycles. The highest BCUT2D eigenvalue weighted by atomic mass is 15.2. The maximum atomic E-state index is 2.41. The highest BCUT2D eigenvalue weighted by Gasteiger charge is 2.24. The third-order valence-corrected chi connectivity index (χ3v) is 4.44. The molecular weight excluding hydrogens is 266 g/mol. The highest BCUT2D eigenvalue weighted by Crippen LogP contribution is 2.44. The Morgan fingerprint density at radius 2 is 1.27 bits per heavy atom. The Labute approximate surface area is 131 Å². The molecule has 0 amide bonds. The van der Waals surface area contributed by atoms with Crippen LogP contribution in [0.2, 0.25) is 0 Å². The predicted octanol–water partition coefficient (Wildman–Crippen LogP) is 5.68. The molecule has 0 aromatic heterocycles. The largest absolute Gasteiger partial charge is 0.310 e. The number of hydrogen-bond donors (Lipinski definition) is 0. The lowest BCUT2D eigenvalue weighted by Gasteiger charge is -2.34. The first-order chi connectivity index (χ1) is 10.7.